The minimum Gasteiger partial charge on any atom is -0.497 e. The van der Waals surface area contributed by atoms with Gasteiger partial charge in [0, 0.05) is 24.7 Å². The van der Waals surface area contributed by atoms with Gasteiger partial charge in [0.1, 0.15) is 5.75 Å². The summed E-state index contributed by atoms with van der Waals surface area (Å²) in [7, 11) is 1.60. The molecule has 6 heteroatoms. The first kappa shape index (κ1) is 19.1. The van der Waals surface area contributed by atoms with Crippen molar-refractivity contribution in [3.8, 4) is 11.8 Å². The van der Waals surface area contributed by atoms with Crippen LogP contribution in [0.2, 0.25) is 5.02 Å². The van der Waals surface area contributed by atoms with Gasteiger partial charge in [-0.15, -0.1) is 0 Å². The molecular weight excluding hydrogens is 362 g/mol. The Balaban J connectivity index is 1.55. The predicted octanol–water partition coefficient (Wildman–Crippen LogP) is 3.73. The highest BCUT2D eigenvalue weighted by atomic mass is 35.5. The third-order valence-electron chi connectivity index (χ3n) is 4.85. The number of halogens is 1. The number of ether oxygens (including phenoxy) is 1. The summed E-state index contributed by atoms with van der Waals surface area (Å²) >= 11 is 6.24. The van der Waals surface area contributed by atoms with Gasteiger partial charge in [-0.05, 0) is 47.2 Å². The third-order valence-corrected chi connectivity index (χ3v) is 5.20. The average Bonchev–Trinajstić information content (AvgIpc) is 2.69. The Labute approximate surface area is 164 Å². The fraction of sp³-hybridized carbons (Fsp3) is 0.333. The fourth-order valence-electron chi connectivity index (χ4n) is 3.39. The lowest BCUT2D eigenvalue weighted by Gasteiger charge is -2.30. The number of rotatable bonds is 5. The third kappa shape index (κ3) is 4.53. The number of nitriles is 1. The summed E-state index contributed by atoms with van der Waals surface area (Å²) in [6.07, 6.45) is 1.86. The van der Waals surface area contributed by atoms with Crippen molar-refractivity contribution in [2.75, 3.05) is 20.2 Å². The quantitative estimate of drug-likeness (QED) is 0.855. The number of carbonyl (C=O) groups excluding carboxylic acids is 1. The van der Waals surface area contributed by atoms with Gasteiger partial charge in [-0.25, -0.2) is 4.79 Å². The van der Waals surface area contributed by atoms with Gasteiger partial charge >= 0.3 is 6.03 Å². The zero-order chi connectivity index (χ0) is 19.2. The summed E-state index contributed by atoms with van der Waals surface area (Å²) in [6.45, 7) is 1.75. The van der Waals surface area contributed by atoms with E-state index in [1.807, 2.05) is 35.2 Å². The zero-order valence-corrected chi connectivity index (χ0v) is 16.1. The van der Waals surface area contributed by atoms with Crippen molar-refractivity contribution < 1.29 is 9.53 Å². The van der Waals surface area contributed by atoms with Crippen LogP contribution in [0.1, 0.15) is 22.3 Å². The van der Waals surface area contributed by atoms with Crippen LogP contribution in [0, 0.1) is 11.3 Å². The van der Waals surface area contributed by atoms with E-state index in [1.165, 1.54) is 5.56 Å². The van der Waals surface area contributed by atoms with Crippen molar-refractivity contribution in [3.63, 3.8) is 0 Å². The molecule has 0 bridgehead atoms. The van der Waals surface area contributed by atoms with Gasteiger partial charge in [0.15, 0.2) is 0 Å². The minimum absolute atomic E-state index is 0.0732. The van der Waals surface area contributed by atoms with Gasteiger partial charge < -0.3 is 15.0 Å². The van der Waals surface area contributed by atoms with E-state index in [2.05, 4.69) is 11.4 Å². The van der Waals surface area contributed by atoms with Crippen LogP contribution in [-0.4, -0.2) is 31.1 Å². The molecule has 1 aliphatic heterocycles. The standard InChI is InChI=1S/C21H22ClN3O2/c1-27-18-6-5-16(20(22)13-18)8-11-24-21(26)25-12-9-19-15(7-10-23)3-2-4-17(19)14-25/h2-6,13H,7-9,11-12,14H2,1H3,(H,24,26). The number of urea groups is 1. The molecule has 0 radical (unpaired) electrons. The molecule has 3 rings (SSSR count). The summed E-state index contributed by atoms with van der Waals surface area (Å²) in [5.41, 5.74) is 4.39. The number of amides is 2. The molecule has 0 aromatic heterocycles. The number of nitrogens with zero attached hydrogens (tertiary/aromatic N) is 2. The fourth-order valence-corrected chi connectivity index (χ4v) is 3.65. The van der Waals surface area contributed by atoms with E-state index in [9.17, 15) is 4.79 Å². The lowest BCUT2D eigenvalue weighted by molar-refractivity contribution is 0.192. The first-order chi connectivity index (χ1) is 13.1. The second kappa shape index (κ2) is 8.79. The van der Waals surface area contributed by atoms with E-state index in [0.717, 1.165) is 28.9 Å². The lowest BCUT2D eigenvalue weighted by atomic mass is 9.93. The second-order valence-corrected chi connectivity index (χ2v) is 6.91. The number of benzene rings is 2. The maximum atomic E-state index is 12.5. The van der Waals surface area contributed by atoms with Crippen LogP contribution in [0.5, 0.6) is 5.75 Å². The second-order valence-electron chi connectivity index (χ2n) is 6.50. The molecule has 0 saturated heterocycles. The summed E-state index contributed by atoms with van der Waals surface area (Å²) in [4.78, 5) is 14.3. The smallest absolute Gasteiger partial charge is 0.317 e. The van der Waals surface area contributed by atoms with E-state index in [-0.39, 0.29) is 6.03 Å². The van der Waals surface area contributed by atoms with Crippen LogP contribution in [-0.2, 0) is 25.8 Å². The van der Waals surface area contributed by atoms with Gasteiger partial charge in [0.25, 0.3) is 0 Å². The van der Waals surface area contributed by atoms with Crippen molar-refractivity contribution in [1.82, 2.24) is 10.2 Å². The van der Waals surface area contributed by atoms with Crippen molar-refractivity contribution >= 4 is 17.6 Å². The molecule has 0 spiro atoms. The molecule has 2 aromatic carbocycles. The van der Waals surface area contributed by atoms with Crippen molar-refractivity contribution in [3.05, 3.63) is 63.7 Å². The van der Waals surface area contributed by atoms with Crippen LogP contribution >= 0.6 is 11.6 Å². The van der Waals surface area contributed by atoms with E-state index in [1.54, 1.807) is 13.2 Å². The summed E-state index contributed by atoms with van der Waals surface area (Å²) in [5.74, 6) is 0.718. The van der Waals surface area contributed by atoms with Gasteiger partial charge in [-0.2, -0.15) is 5.26 Å². The van der Waals surface area contributed by atoms with Crippen LogP contribution in [0.3, 0.4) is 0 Å². The minimum atomic E-state index is -0.0732. The van der Waals surface area contributed by atoms with E-state index >= 15 is 0 Å². The largest absolute Gasteiger partial charge is 0.497 e. The molecule has 0 fully saturated rings. The molecule has 0 aliphatic carbocycles. The summed E-state index contributed by atoms with van der Waals surface area (Å²) < 4.78 is 5.15. The molecule has 0 atom stereocenters. The Morgan fingerprint density at radius 1 is 1.33 bits per heavy atom. The van der Waals surface area contributed by atoms with Crippen molar-refractivity contribution in [2.24, 2.45) is 0 Å². The Morgan fingerprint density at radius 2 is 2.19 bits per heavy atom. The van der Waals surface area contributed by atoms with Gasteiger partial charge in [-0.3, -0.25) is 0 Å². The van der Waals surface area contributed by atoms with Gasteiger partial charge in [0.2, 0.25) is 0 Å². The summed E-state index contributed by atoms with van der Waals surface area (Å²) in [6, 6.07) is 13.7. The number of fused-ring (bicyclic) bond motifs is 1. The highest BCUT2D eigenvalue weighted by Gasteiger charge is 2.22. The molecule has 0 unspecified atom stereocenters. The molecule has 2 amide bonds. The monoisotopic (exact) mass is 383 g/mol. The number of hydrogen-bond donors (Lipinski definition) is 1. The van der Waals surface area contributed by atoms with E-state index < -0.39 is 0 Å². The normalized spacial score (nSPS) is 12.9. The number of methoxy groups -OCH3 is 1. The maximum Gasteiger partial charge on any atom is 0.317 e. The molecule has 140 valence electrons. The Morgan fingerprint density at radius 3 is 2.93 bits per heavy atom. The molecular formula is C21H22ClN3O2. The Hall–Kier alpha value is -2.71. The first-order valence-corrected chi connectivity index (χ1v) is 9.32. The number of hydrogen-bond acceptors (Lipinski definition) is 3. The van der Waals surface area contributed by atoms with E-state index in [0.29, 0.717) is 37.5 Å². The van der Waals surface area contributed by atoms with Crippen molar-refractivity contribution in [2.45, 2.75) is 25.8 Å². The van der Waals surface area contributed by atoms with Crippen LogP contribution < -0.4 is 10.1 Å². The number of carbonyl (C=O) groups is 1. The molecule has 1 N–H and O–H groups in total. The highest BCUT2D eigenvalue weighted by Crippen LogP contribution is 2.24. The molecule has 1 heterocycles. The van der Waals surface area contributed by atoms with Crippen molar-refractivity contribution in [1.29, 1.82) is 5.26 Å². The maximum absolute atomic E-state index is 12.5. The topological polar surface area (TPSA) is 65.4 Å². The highest BCUT2D eigenvalue weighted by molar-refractivity contribution is 6.31. The molecule has 5 nitrogen and oxygen atoms in total. The average molecular weight is 384 g/mol. The van der Waals surface area contributed by atoms with Crippen LogP contribution in [0.15, 0.2) is 36.4 Å². The molecule has 27 heavy (non-hydrogen) atoms. The Bertz CT molecular complexity index is 876. The lowest BCUT2D eigenvalue weighted by Crippen LogP contribution is -2.43. The Kier molecular flexibility index (Phi) is 6.20. The SMILES string of the molecule is COc1ccc(CCNC(=O)N2CCc3c(CC#N)cccc3C2)c(Cl)c1. The molecule has 1 aliphatic rings. The van der Waals surface area contributed by atoms with Crippen LogP contribution in [0.25, 0.3) is 0 Å². The molecule has 0 saturated carbocycles. The van der Waals surface area contributed by atoms with E-state index in [4.69, 9.17) is 21.6 Å². The van der Waals surface area contributed by atoms with Gasteiger partial charge in [0.05, 0.1) is 19.6 Å². The van der Waals surface area contributed by atoms with Gasteiger partial charge in [-0.1, -0.05) is 35.9 Å². The molecule has 2 aromatic rings. The first-order valence-electron chi connectivity index (χ1n) is 8.94. The zero-order valence-electron chi connectivity index (χ0n) is 15.3. The van der Waals surface area contributed by atoms with Crippen LogP contribution in [0.4, 0.5) is 4.79 Å². The summed E-state index contributed by atoms with van der Waals surface area (Å²) in [5, 5.41) is 12.6. The number of nitrogens with one attached hydrogen (secondary N) is 1. The predicted molar refractivity (Wildman–Crippen MR) is 105 cm³/mol.